The van der Waals surface area contributed by atoms with Crippen molar-refractivity contribution < 1.29 is 27.5 Å². The van der Waals surface area contributed by atoms with Gasteiger partial charge in [-0.3, -0.25) is 0 Å². The maximum atomic E-state index is 13.6. The van der Waals surface area contributed by atoms with Gasteiger partial charge in [0.25, 0.3) is 0 Å². The van der Waals surface area contributed by atoms with Crippen LogP contribution in [0.4, 0.5) is 33.9 Å². The number of nitrogens with zero attached hydrogens (tertiary/aromatic N) is 3. The van der Waals surface area contributed by atoms with Crippen LogP contribution in [-0.4, -0.2) is 39.1 Å². The number of rotatable bonds is 7. The molecular formula is C20H20F4N6O2. The van der Waals surface area contributed by atoms with E-state index < -0.39 is 23.7 Å². The summed E-state index contributed by atoms with van der Waals surface area (Å²) in [5.74, 6) is 0.00498. The first kappa shape index (κ1) is 23.0. The molecule has 2 aromatic heterocycles. The Morgan fingerprint density at radius 3 is 2.59 bits per heavy atom. The third kappa shape index (κ3) is 5.72. The highest BCUT2D eigenvalue weighted by molar-refractivity contribution is 5.89. The standard InChI is InChI=1S/C20H20F4N6O2/c1-12-8-14(3-4-16(12)21)30-15(9-17(29-30)20(22,23)24)11-27-19(32)28-13-2-5-18(26-10-13)25-6-7-31/h2-5,8-10,31H,6-7,11H2,1H3,(H,25,26)(H2,27,28,32). The highest BCUT2D eigenvalue weighted by Crippen LogP contribution is 2.30. The van der Waals surface area contributed by atoms with Crippen LogP contribution in [0.1, 0.15) is 17.0 Å². The second-order valence-electron chi connectivity index (χ2n) is 6.75. The van der Waals surface area contributed by atoms with Crippen LogP contribution in [0.5, 0.6) is 0 Å². The number of benzene rings is 1. The fourth-order valence-corrected chi connectivity index (χ4v) is 2.77. The number of aliphatic hydroxyl groups excluding tert-OH is 1. The molecule has 0 unspecified atom stereocenters. The minimum Gasteiger partial charge on any atom is -0.395 e. The fourth-order valence-electron chi connectivity index (χ4n) is 2.77. The van der Waals surface area contributed by atoms with Gasteiger partial charge in [0.05, 0.1) is 36.4 Å². The maximum Gasteiger partial charge on any atom is 0.435 e. The molecule has 170 valence electrons. The molecule has 2 amide bonds. The molecule has 2 heterocycles. The number of hydrogen-bond donors (Lipinski definition) is 4. The Kier molecular flexibility index (Phi) is 6.93. The number of aryl methyl sites for hydroxylation is 1. The summed E-state index contributed by atoms with van der Waals surface area (Å²) in [5.41, 5.74) is -0.248. The fraction of sp³-hybridized carbons (Fsp3) is 0.250. The van der Waals surface area contributed by atoms with Crippen molar-refractivity contribution in [1.82, 2.24) is 20.1 Å². The summed E-state index contributed by atoms with van der Waals surface area (Å²) >= 11 is 0. The van der Waals surface area contributed by atoms with Gasteiger partial charge in [-0.2, -0.15) is 18.3 Å². The lowest BCUT2D eigenvalue weighted by Gasteiger charge is -2.11. The first-order chi connectivity index (χ1) is 15.2. The Balaban J connectivity index is 1.72. The monoisotopic (exact) mass is 452 g/mol. The number of anilines is 2. The van der Waals surface area contributed by atoms with Crippen LogP contribution in [0.25, 0.3) is 5.69 Å². The van der Waals surface area contributed by atoms with E-state index in [1.807, 2.05) is 0 Å². The van der Waals surface area contributed by atoms with Gasteiger partial charge in [-0.25, -0.2) is 18.9 Å². The van der Waals surface area contributed by atoms with E-state index in [-0.39, 0.29) is 30.1 Å². The summed E-state index contributed by atoms with van der Waals surface area (Å²) in [6.07, 6.45) is -3.30. The van der Waals surface area contributed by atoms with E-state index in [2.05, 4.69) is 26.0 Å². The lowest BCUT2D eigenvalue weighted by molar-refractivity contribution is -0.141. The SMILES string of the molecule is Cc1cc(-n2nc(C(F)(F)F)cc2CNC(=O)Nc2ccc(NCCO)nc2)ccc1F. The molecule has 0 bridgehead atoms. The number of halogens is 4. The molecule has 0 fully saturated rings. The van der Waals surface area contributed by atoms with E-state index in [9.17, 15) is 22.4 Å². The van der Waals surface area contributed by atoms with Crippen molar-refractivity contribution in [3.05, 3.63) is 65.4 Å². The topological polar surface area (TPSA) is 104 Å². The number of alkyl halides is 3. The Hall–Kier alpha value is -3.67. The lowest BCUT2D eigenvalue weighted by atomic mass is 10.2. The van der Waals surface area contributed by atoms with Crippen LogP contribution in [0.2, 0.25) is 0 Å². The molecule has 12 heteroatoms. The van der Waals surface area contributed by atoms with Crippen LogP contribution < -0.4 is 16.0 Å². The molecular weight excluding hydrogens is 432 g/mol. The number of nitrogens with one attached hydrogen (secondary N) is 3. The molecule has 0 aliphatic heterocycles. The Morgan fingerprint density at radius 2 is 1.97 bits per heavy atom. The van der Waals surface area contributed by atoms with E-state index in [1.54, 1.807) is 12.1 Å². The predicted octanol–water partition coefficient (Wildman–Crippen LogP) is 3.46. The minimum absolute atomic E-state index is 0.0557. The molecule has 1 aromatic carbocycles. The van der Waals surface area contributed by atoms with Crippen LogP contribution in [0.15, 0.2) is 42.6 Å². The van der Waals surface area contributed by atoms with Gasteiger partial charge in [-0.15, -0.1) is 0 Å². The Morgan fingerprint density at radius 1 is 1.19 bits per heavy atom. The van der Waals surface area contributed by atoms with Gasteiger partial charge in [-0.1, -0.05) is 0 Å². The molecule has 0 aliphatic rings. The zero-order valence-electron chi connectivity index (χ0n) is 16.9. The van der Waals surface area contributed by atoms with Gasteiger partial charge < -0.3 is 21.1 Å². The molecule has 0 saturated carbocycles. The molecule has 3 rings (SSSR count). The summed E-state index contributed by atoms with van der Waals surface area (Å²) in [4.78, 5) is 16.2. The van der Waals surface area contributed by atoms with Crippen molar-refractivity contribution >= 4 is 17.5 Å². The van der Waals surface area contributed by atoms with Gasteiger partial charge in [-0.05, 0) is 48.9 Å². The number of amides is 2. The molecule has 0 spiro atoms. The van der Waals surface area contributed by atoms with Gasteiger partial charge in [0.15, 0.2) is 5.69 Å². The van der Waals surface area contributed by atoms with E-state index in [0.717, 1.165) is 16.8 Å². The lowest BCUT2D eigenvalue weighted by Crippen LogP contribution is -2.29. The zero-order chi connectivity index (χ0) is 23.3. The summed E-state index contributed by atoms with van der Waals surface area (Å²) in [6, 6.07) is 7.12. The Labute approximate surface area is 180 Å². The summed E-state index contributed by atoms with van der Waals surface area (Å²) < 4.78 is 54.1. The second-order valence-corrected chi connectivity index (χ2v) is 6.75. The molecule has 32 heavy (non-hydrogen) atoms. The number of carbonyl (C=O) groups excluding carboxylic acids is 1. The molecule has 0 radical (unpaired) electrons. The van der Waals surface area contributed by atoms with Crippen molar-refractivity contribution in [3.8, 4) is 5.69 Å². The number of urea groups is 1. The van der Waals surface area contributed by atoms with Crippen molar-refractivity contribution in [2.24, 2.45) is 0 Å². The summed E-state index contributed by atoms with van der Waals surface area (Å²) in [7, 11) is 0. The third-order valence-electron chi connectivity index (χ3n) is 4.33. The smallest absolute Gasteiger partial charge is 0.395 e. The zero-order valence-corrected chi connectivity index (χ0v) is 16.9. The van der Waals surface area contributed by atoms with E-state index in [4.69, 9.17) is 5.11 Å². The van der Waals surface area contributed by atoms with Crippen molar-refractivity contribution in [2.75, 3.05) is 23.8 Å². The third-order valence-corrected chi connectivity index (χ3v) is 4.33. The van der Waals surface area contributed by atoms with Gasteiger partial charge in [0, 0.05) is 6.54 Å². The van der Waals surface area contributed by atoms with Gasteiger partial charge in [0.1, 0.15) is 11.6 Å². The highest BCUT2D eigenvalue weighted by Gasteiger charge is 2.35. The van der Waals surface area contributed by atoms with Crippen LogP contribution in [0, 0.1) is 12.7 Å². The molecule has 0 saturated heterocycles. The van der Waals surface area contributed by atoms with E-state index in [1.165, 1.54) is 25.3 Å². The molecule has 0 aliphatic carbocycles. The van der Waals surface area contributed by atoms with Gasteiger partial charge >= 0.3 is 12.2 Å². The number of carbonyl (C=O) groups is 1. The average molecular weight is 452 g/mol. The van der Waals surface area contributed by atoms with Crippen molar-refractivity contribution in [2.45, 2.75) is 19.6 Å². The van der Waals surface area contributed by atoms with Crippen molar-refractivity contribution in [3.63, 3.8) is 0 Å². The van der Waals surface area contributed by atoms with E-state index >= 15 is 0 Å². The molecule has 0 atom stereocenters. The number of aromatic nitrogens is 3. The first-order valence-electron chi connectivity index (χ1n) is 9.45. The molecule has 3 aromatic rings. The first-order valence-corrected chi connectivity index (χ1v) is 9.45. The summed E-state index contributed by atoms with van der Waals surface area (Å²) in [5, 5.41) is 20.2. The number of pyridine rings is 1. The molecule has 8 nitrogen and oxygen atoms in total. The maximum absolute atomic E-state index is 13.6. The number of aliphatic hydroxyl groups is 1. The largest absolute Gasteiger partial charge is 0.435 e. The summed E-state index contributed by atoms with van der Waals surface area (Å²) in [6.45, 7) is 1.47. The Bertz CT molecular complexity index is 1080. The average Bonchev–Trinajstić information content (AvgIpc) is 3.19. The van der Waals surface area contributed by atoms with Crippen molar-refractivity contribution in [1.29, 1.82) is 0 Å². The van der Waals surface area contributed by atoms with Crippen LogP contribution in [0.3, 0.4) is 0 Å². The van der Waals surface area contributed by atoms with Crippen LogP contribution in [-0.2, 0) is 12.7 Å². The quantitative estimate of drug-likeness (QED) is 0.411. The van der Waals surface area contributed by atoms with Gasteiger partial charge in [0.2, 0.25) is 0 Å². The minimum atomic E-state index is -4.69. The normalized spacial score (nSPS) is 11.3. The predicted molar refractivity (Wildman–Crippen MR) is 109 cm³/mol. The molecule has 4 N–H and O–H groups in total. The number of hydrogen-bond acceptors (Lipinski definition) is 5. The van der Waals surface area contributed by atoms with E-state index in [0.29, 0.717) is 18.1 Å². The highest BCUT2D eigenvalue weighted by atomic mass is 19.4. The second kappa shape index (κ2) is 9.64. The van der Waals surface area contributed by atoms with Crippen LogP contribution >= 0.6 is 0 Å².